The van der Waals surface area contributed by atoms with Gasteiger partial charge in [-0.15, -0.1) is 11.3 Å². The van der Waals surface area contributed by atoms with Crippen molar-refractivity contribution in [3.8, 4) is 10.7 Å². The molecule has 0 amide bonds. The maximum atomic E-state index is 13.4. The summed E-state index contributed by atoms with van der Waals surface area (Å²) >= 11 is 1.42. The first-order chi connectivity index (χ1) is 10.6. The van der Waals surface area contributed by atoms with Crippen molar-refractivity contribution in [3.05, 3.63) is 58.8 Å². The lowest BCUT2D eigenvalue weighted by atomic mass is 10.2. The molecule has 0 aliphatic heterocycles. The van der Waals surface area contributed by atoms with Crippen LogP contribution in [0.2, 0.25) is 0 Å². The molecule has 2 heterocycles. The quantitative estimate of drug-likeness (QED) is 0.689. The van der Waals surface area contributed by atoms with Gasteiger partial charge in [-0.25, -0.2) is 13.6 Å². The Morgan fingerprint density at radius 2 is 2.00 bits per heavy atom. The summed E-state index contributed by atoms with van der Waals surface area (Å²) in [5.74, 6) is -2.72. The largest absolute Gasteiger partial charge is 0.452 e. The number of hydrogen-bond donors (Lipinski definition) is 0. The fourth-order valence-corrected chi connectivity index (χ4v) is 2.36. The van der Waals surface area contributed by atoms with E-state index in [0.29, 0.717) is 5.82 Å². The van der Waals surface area contributed by atoms with Gasteiger partial charge in [0.15, 0.2) is 6.61 Å². The molecule has 5 nitrogen and oxygen atoms in total. The maximum Gasteiger partial charge on any atom is 0.344 e. The maximum absolute atomic E-state index is 13.4. The van der Waals surface area contributed by atoms with Crippen molar-refractivity contribution in [2.75, 3.05) is 0 Å². The Labute approximate surface area is 127 Å². The van der Waals surface area contributed by atoms with Crippen molar-refractivity contribution in [2.45, 2.75) is 6.61 Å². The van der Waals surface area contributed by atoms with Crippen LogP contribution in [0.15, 0.2) is 40.2 Å². The zero-order chi connectivity index (χ0) is 15.5. The summed E-state index contributed by atoms with van der Waals surface area (Å²) in [6.45, 7) is -0.370. The molecule has 0 bridgehead atoms. The summed E-state index contributed by atoms with van der Waals surface area (Å²) in [6.07, 6.45) is 0. The van der Waals surface area contributed by atoms with Crippen LogP contribution < -0.4 is 0 Å². The van der Waals surface area contributed by atoms with Crippen LogP contribution in [0.4, 0.5) is 8.78 Å². The SMILES string of the molecule is O=C(OCc1nc(-c2cccs2)no1)c1c(F)cccc1F. The number of esters is 1. The third-order valence-electron chi connectivity index (χ3n) is 2.70. The van der Waals surface area contributed by atoms with Crippen molar-refractivity contribution >= 4 is 17.3 Å². The number of aromatic nitrogens is 2. The molecule has 0 atom stereocenters. The van der Waals surface area contributed by atoms with Gasteiger partial charge in [-0.3, -0.25) is 0 Å². The molecule has 1 aromatic carbocycles. The number of carbonyl (C=O) groups is 1. The fraction of sp³-hybridized carbons (Fsp3) is 0.0714. The van der Waals surface area contributed by atoms with Crippen molar-refractivity contribution in [2.24, 2.45) is 0 Å². The second-order valence-corrected chi connectivity index (χ2v) is 5.11. The lowest BCUT2D eigenvalue weighted by Gasteiger charge is -2.03. The Kier molecular flexibility index (Phi) is 3.92. The Morgan fingerprint density at radius 1 is 1.23 bits per heavy atom. The normalized spacial score (nSPS) is 10.6. The van der Waals surface area contributed by atoms with E-state index in [1.54, 1.807) is 6.07 Å². The van der Waals surface area contributed by atoms with Gasteiger partial charge in [-0.05, 0) is 23.6 Å². The Morgan fingerprint density at radius 3 is 2.68 bits per heavy atom. The van der Waals surface area contributed by atoms with E-state index in [1.165, 1.54) is 11.3 Å². The highest BCUT2D eigenvalue weighted by atomic mass is 32.1. The molecule has 0 N–H and O–H groups in total. The van der Waals surface area contributed by atoms with Crippen molar-refractivity contribution in [3.63, 3.8) is 0 Å². The molecule has 22 heavy (non-hydrogen) atoms. The predicted octanol–water partition coefficient (Wildman–Crippen LogP) is 3.43. The van der Waals surface area contributed by atoms with Crippen LogP contribution in [0.1, 0.15) is 16.2 Å². The van der Waals surface area contributed by atoms with Gasteiger partial charge in [0.25, 0.3) is 5.89 Å². The molecule has 0 aliphatic rings. The van der Waals surface area contributed by atoms with Crippen LogP contribution in [0.5, 0.6) is 0 Å². The first-order valence-electron chi connectivity index (χ1n) is 6.13. The molecule has 0 spiro atoms. The lowest BCUT2D eigenvalue weighted by Crippen LogP contribution is -2.10. The molecular weight excluding hydrogens is 314 g/mol. The van der Waals surface area contributed by atoms with Gasteiger partial charge in [0.1, 0.15) is 17.2 Å². The third kappa shape index (κ3) is 2.86. The minimum absolute atomic E-state index is 0.0356. The first kappa shape index (κ1) is 14.3. The summed E-state index contributed by atoms with van der Waals surface area (Å²) in [6, 6.07) is 6.74. The number of halogens is 2. The zero-order valence-corrected chi connectivity index (χ0v) is 11.8. The zero-order valence-electron chi connectivity index (χ0n) is 11.0. The molecule has 112 valence electrons. The van der Waals surface area contributed by atoms with Gasteiger partial charge >= 0.3 is 5.97 Å². The number of carbonyl (C=O) groups excluding carboxylic acids is 1. The van der Waals surface area contributed by atoms with Crippen molar-refractivity contribution in [1.29, 1.82) is 0 Å². The molecule has 0 fully saturated rings. The first-order valence-corrected chi connectivity index (χ1v) is 7.00. The van der Waals surface area contributed by atoms with E-state index in [9.17, 15) is 13.6 Å². The average Bonchev–Trinajstić information content (AvgIpc) is 3.16. The van der Waals surface area contributed by atoms with E-state index >= 15 is 0 Å². The standard InChI is InChI=1S/C14H8F2N2O3S/c15-8-3-1-4-9(16)12(8)14(19)20-7-11-17-13(18-21-11)10-5-2-6-22-10/h1-6H,7H2. The number of rotatable bonds is 4. The summed E-state index contributed by atoms with van der Waals surface area (Å²) in [4.78, 5) is 16.5. The minimum Gasteiger partial charge on any atom is -0.452 e. The average molecular weight is 322 g/mol. The Balaban J connectivity index is 1.69. The van der Waals surface area contributed by atoms with E-state index in [0.717, 1.165) is 23.1 Å². The van der Waals surface area contributed by atoms with Gasteiger partial charge in [0.05, 0.1) is 4.88 Å². The molecule has 0 saturated carbocycles. The van der Waals surface area contributed by atoms with Gasteiger partial charge in [-0.1, -0.05) is 17.3 Å². The van der Waals surface area contributed by atoms with Crippen LogP contribution in [-0.4, -0.2) is 16.1 Å². The monoisotopic (exact) mass is 322 g/mol. The molecule has 3 aromatic rings. The number of thiophene rings is 1. The van der Waals surface area contributed by atoms with Crippen LogP contribution in [-0.2, 0) is 11.3 Å². The summed E-state index contributed by atoms with van der Waals surface area (Å²) in [5.41, 5.74) is -0.750. The summed E-state index contributed by atoms with van der Waals surface area (Å²) in [7, 11) is 0. The van der Waals surface area contributed by atoms with E-state index in [4.69, 9.17) is 9.26 Å². The Hall–Kier alpha value is -2.61. The van der Waals surface area contributed by atoms with Crippen LogP contribution in [0.3, 0.4) is 0 Å². The van der Waals surface area contributed by atoms with Gasteiger partial charge < -0.3 is 9.26 Å². The summed E-state index contributed by atoms with van der Waals surface area (Å²) < 4.78 is 36.6. The second kappa shape index (κ2) is 6.02. The number of nitrogens with zero attached hydrogens (tertiary/aromatic N) is 2. The molecule has 2 aromatic heterocycles. The highest BCUT2D eigenvalue weighted by molar-refractivity contribution is 7.13. The molecular formula is C14H8F2N2O3S. The fourth-order valence-electron chi connectivity index (χ4n) is 1.71. The number of ether oxygens (including phenoxy) is 1. The van der Waals surface area contributed by atoms with Crippen LogP contribution in [0, 0.1) is 11.6 Å². The highest BCUT2D eigenvalue weighted by Gasteiger charge is 2.19. The highest BCUT2D eigenvalue weighted by Crippen LogP contribution is 2.21. The topological polar surface area (TPSA) is 65.2 Å². The van der Waals surface area contributed by atoms with E-state index in [-0.39, 0.29) is 12.5 Å². The number of hydrogen-bond acceptors (Lipinski definition) is 6. The van der Waals surface area contributed by atoms with Crippen molar-refractivity contribution in [1.82, 2.24) is 10.1 Å². The summed E-state index contributed by atoms with van der Waals surface area (Å²) in [5, 5.41) is 5.58. The van der Waals surface area contributed by atoms with Gasteiger partial charge in [-0.2, -0.15) is 4.98 Å². The lowest BCUT2D eigenvalue weighted by molar-refractivity contribution is 0.0418. The van der Waals surface area contributed by atoms with Crippen LogP contribution in [0.25, 0.3) is 10.7 Å². The number of benzene rings is 1. The predicted molar refractivity (Wildman–Crippen MR) is 73.1 cm³/mol. The van der Waals surface area contributed by atoms with E-state index in [1.807, 2.05) is 11.4 Å². The molecule has 0 saturated heterocycles. The third-order valence-corrected chi connectivity index (χ3v) is 3.57. The molecule has 0 unspecified atom stereocenters. The van der Waals surface area contributed by atoms with Gasteiger partial charge in [0.2, 0.25) is 5.82 Å². The van der Waals surface area contributed by atoms with Gasteiger partial charge in [0, 0.05) is 0 Å². The van der Waals surface area contributed by atoms with E-state index in [2.05, 4.69) is 10.1 Å². The minimum atomic E-state index is -1.13. The molecule has 8 heteroatoms. The Bertz CT molecular complexity index is 782. The molecule has 3 rings (SSSR count). The smallest absolute Gasteiger partial charge is 0.344 e. The van der Waals surface area contributed by atoms with Crippen molar-refractivity contribution < 1.29 is 22.8 Å². The second-order valence-electron chi connectivity index (χ2n) is 4.16. The molecule has 0 aliphatic carbocycles. The van der Waals surface area contributed by atoms with Crippen LogP contribution >= 0.6 is 11.3 Å². The van der Waals surface area contributed by atoms with E-state index < -0.39 is 23.2 Å². The molecule has 0 radical (unpaired) electrons.